The number of halogens is 3. The number of nitriles is 1. The van der Waals surface area contributed by atoms with E-state index in [0.29, 0.717) is 79.8 Å². The smallest absolute Gasteiger partial charge is 0.416 e. The predicted molar refractivity (Wildman–Crippen MR) is 159 cm³/mol. The van der Waals surface area contributed by atoms with Crippen LogP contribution >= 0.6 is 0 Å². The predicted octanol–water partition coefficient (Wildman–Crippen LogP) is 5.80. The molecule has 1 N–H and O–H groups in total. The Morgan fingerprint density at radius 3 is 2.27 bits per heavy atom. The lowest BCUT2D eigenvalue weighted by Crippen LogP contribution is -2.46. The standard InChI is InChI=1S/C33H30F3N5O4/c34-33(35,36)23-5-7-25(8-6-23)40-17-13-26(14-18-40)44-27-9-10-28-29(19-27)45-31(39-28)30(42)38-24-11-15-41(16-12-24)32(43)22-3-1-21(20-37)2-4-22/h1-10,19,24,26H,11-18H2,(H,38,42). The van der Waals surface area contributed by atoms with Gasteiger partial charge in [-0.1, -0.05) is 0 Å². The minimum atomic E-state index is -4.36. The van der Waals surface area contributed by atoms with Gasteiger partial charge >= 0.3 is 12.1 Å². The van der Waals surface area contributed by atoms with Crippen LogP contribution in [0.1, 0.15) is 57.9 Å². The molecule has 9 nitrogen and oxygen atoms in total. The minimum absolute atomic E-state index is 0.0527. The van der Waals surface area contributed by atoms with Gasteiger partial charge in [-0.3, -0.25) is 9.59 Å². The number of likely N-dealkylation sites (tertiary alicyclic amines) is 1. The van der Waals surface area contributed by atoms with Crippen LogP contribution in [-0.2, 0) is 6.18 Å². The van der Waals surface area contributed by atoms with Crippen molar-refractivity contribution in [3.05, 3.63) is 89.3 Å². The SMILES string of the molecule is N#Cc1ccc(C(=O)N2CCC(NC(=O)c3nc4ccc(OC5CCN(c6ccc(C(F)(F)F)cc6)CC5)cc4o3)CC2)cc1. The molecule has 3 aromatic carbocycles. The Labute approximate surface area is 257 Å². The summed E-state index contributed by atoms with van der Waals surface area (Å²) in [4.78, 5) is 33.8. The van der Waals surface area contributed by atoms with Gasteiger partial charge in [0, 0.05) is 62.4 Å². The van der Waals surface area contributed by atoms with Crippen LogP contribution in [0.25, 0.3) is 11.1 Å². The first kappa shape index (κ1) is 30.0. The van der Waals surface area contributed by atoms with Crippen molar-refractivity contribution >= 4 is 28.6 Å². The molecule has 0 bridgehead atoms. The van der Waals surface area contributed by atoms with E-state index < -0.39 is 17.6 Å². The molecule has 1 aromatic heterocycles. The maximum absolute atomic E-state index is 12.9. The van der Waals surface area contributed by atoms with Gasteiger partial charge in [-0.25, -0.2) is 4.98 Å². The summed E-state index contributed by atoms with van der Waals surface area (Å²) in [5.41, 5.74) is 2.04. The van der Waals surface area contributed by atoms with Crippen molar-refractivity contribution in [1.29, 1.82) is 5.26 Å². The Morgan fingerprint density at radius 2 is 1.62 bits per heavy atom. The van der Waals surface area contributed by atoms with Crippen LogP contribution in [0, 0.1) is 11.3 Å². The topological polar surface area (TPSA) is 112 Å². The number of carbonyl (C=O) groups is 2. The molecular weight excluding hydrogens is 587 g/mol. The second kappa shape index (κ2) is 12.5. The van der Waals surface area contributed by atoms with Gasteiger partial charge in [-0.15, -0.1) is 0 Å². The van der Waals surface area contributed by atoms with Crippen LogP contribution in [0.3, 0.4) is 0 Å². The quantitative estimate of drug-likeness (QED) is 0.291. The normalized spacial score (nSPS) is 16.4. The van der Waals surface area contributed by atoms with Crippen LogP contribution < -0.4 is 15.0 Å². The third-order valence-corrected chi connectivity index (χ3v) is 8.24. The van der Waals surface area contributed by atoms with E-state index in [1.165, 1.54) is 12.1 Å². The van der Waals surface area contributed by atoms with E-state index in [-0.39, 0.29) is 23.9 Å². The van der Waals surface area contributed by atoms with Crippen LogP contribution in [0.15, 0.2) is 71.1 Å². The summed E-state index contributed by atoms with van der Waals surface area (Å²) in [6.07, 6.45) is -1.87. The Balaban J connectivity index is 0.990. The van der Waals surface area contributed by atoms with Crippen molar-refractivity contribution in [1.82, 2.24) is 15.2 Å². The molecule has 2 fully saturated rings. The summed E-state index contributed by atoms with van der Waals surface area (Å²) in [5, 5.41) is 11.9. The summed E-state index contributed by atoms with van der Waals surface area (Å²) in [6.45, 7) is 2.27. The van der Waals surface area contributed by atoms with Crippen molar-refractivity contribution in [2.24, 2.45) is 0 Å². The fraction of sp³-hybridized carbons (Fsp3) is 0.333. The van der Waals surface area contributed by atoms with Gasteiger partial charge in [0.2, 0.25) is 0 Å². The van der Waals surface area contributed by atoms with Crippen LogP contribution in [-0.4, -0.2) is 60.0 Å². The van der Waals surface area contributed by atoms with E-state index in [1.807, 2.05) is 11.0 Å². The first-order valence-electron chi connectivity index (χ1n) is 14.8. The minimum Gasteiger partial charge on any atom is -0.490 e. The molecule has 0 spiro atoms. The molecule has 232 valence electrons. The molecule has 12 heteroatoms. The number of aromatic nitrogens is 1. The lowest BCUT2D eigenvalue weighted by molar-refractivity contribution is -0.137. The number of hydrogen-bond donors (Lipinski definition) is 1. The van der Waals surface area contributed by atoms with Crippen molar-refractivity contribution in [2.45, 2.75) is 44.0 Å². The number of nitrogens with zero attached hydrogens (tertiary/aromatic N) is 4. The van der Waals surface area contributed by atoms with E-state index in [0.717, 1.165) is 17.8 Å². The van der Waals surface area contributed by atoms with Crippen LogP contribution in [0.2, 0.25) is 0 Å². The lowest BCUT2D eigenvalue weighted by Gasteiger charge is -2.33. The molecule has 0 atom stereocenters. The number of fused-ring (bicyclic) bond motifs is 1. The van der Waals surface area contributed by atoms with E-state index in [4.69, 9.17) is 14.4 Å². The fourth-order valence-corrected chi connectivity index (χ4v) is 5.70. The number of piperidine rings is 2. The summed E-state index contributed by atoms with van der Waals surface area (Å²) in [5.74, 6) is -0.00639. The second-order valence-corrected chi connectivity index (χ2v) is 11.2. The number of ether oxygens (including phenoxy) is 1. The molecule has 0 unspecified atom stereocenters. The molecule has 2 aliphatic heterocycles. The molecule has 2 amide bonds. The Morgan fingerprint density at radius 1 is 0.933 bits per heavy atom. The van der Waals surface area contributed by atoms with Gasteiger partial charge < -0.3 is 24.3 Å². The maximum atomic E-state index is 12.9. The number of benzene rings is 3. The summed E-state index contributed by atoms with van der Waals surface area (Å²) >= 11 is 0. The van der Waals surface area contributed by atoms with Gasteiger partial charge in [0.05, 0.1) is 17.2 Å². The highest BCUT2D eigenvalue weighted by molar-refractivity contribution is 5.94. The number of anilines is 1. The zero-order chi connectivity index (χ0) is 31.6. The first-order valence-corrected chi connectivity index (χ1v) is 14.8. The highest BCUT2D eigenvalue weighted by Gasteiger charge is 2.31. The van der Waals surface area contributed by atoms with Gasteiger partial charge in [0.25, 0.3) is 11.8 Å². The number of oxazole rings is 1. The third kappa shape index (κ3) is 6.87. The summed E-state index contributed by atoms with van der Waals surface area (Å²) < 4.78 is 50.5. The average Bonchev–Trinajstić information content (AvgIpc) is 3.49. The molecule has 3 heterocycles. The highest BCUT2D eigenvalue weighted by Crippen LogP contribution is 2.32. The van der Waals surface area contributed by atoms with Crippen LogP contribution in [0.4, 0.5) is 18.9 Å². The zero-order valence-electron chi connectivity index (χ0n) is 24.2. The Kier molecular flexibility index (Phi) is 8.34. The van der Waals surface area contributed by atoms with Gasteiger partial charge in [-0.2, -0.15) is 18.4 Å². The molecule has 0 aliphatic carbocycles. The fourth-order valence-electron chi connectivity index (χ4n) is 5.70. The van der Waals surface area contributed by atoms with Crippen molar-refractivity contribution < 1.29 is 31.9 Å². The van der Waals surface area contributed by atoms with E-state index in [9.17, 15) is 22.8 Å². The van der Waals surface area contributed by atoms with E-state index in [1.54, 1.807) is 47.4 Å². The second-order valence-electron chi connectivity index (χ2n) is 11.2. The number of rotatable bonds is 6. The molecule has 0 saturated carbocycles. The molecule has 2 saturated heterocycles. The van der Waals surface area contributed by atoms with Gasteiger partial charge in [-0.05, 0) is 73.5 Å². The van der Waals surface area contributed by atoms with Gasteiger partial charge in [0.15, 0.2) is 5.58 Å². The van der Waals surface area contributed by atoms with Crippen molar-refractivity contribution in [2.75, 3.05) is 31.1 Å². The Hall–Kier alpha value is -5.05. The average molecular weight is 618 g/mol. The molecule has 6 rings (SSSR count). The van der Waals surface area contributed by atoms with E-state index >= 15 is 0 Å². The lowest BCUT2D eigenvalue weighted by atomic mass is 10.0. The largest absolute Gasteiger partial charge is 0.490 e. The summed E-state index contributed by atoms with van der Waals surface area (Å²) in [6, 6.07) is 18.8. The molecule has 2 aliphatic rings. The van der Waals surface area contributed by atoms with Crippen LogP contribution in [0.5, 0.6) is 5.75 Å². The zero-order valence-corrected chi connectivity index (χ0v) is 24.2. The number of alkyl halides is 3. The first-order chi connectivity index (χ1) is 21.7. The number of nitrogens with one attached hydrogen (secondary N) is 1. The van der Waals surface area contributed by atoms with Crippen molar-refractivity contribution in [3.63, 3.8) is 0 Å². The molecule has 4 aromatic rings. The highest BCUT2D eigenvalue weighted by atomic mass is 19.4. The Bertz CT molecular complexity index is 1710. The van der Waals surface area contributed by atoms with E-state index in [2.05, 4.69) is 10.3 Å². The van der Waals surface area contributed by atoms with Gasteiger partial charge in [0.1, 0.15) is 17.4 Å². The number of carbonyl (C=O) groups excluding carboxylic acids is 2. The number of amides is 2. The summed E-state index contributed by atoms with van der Waals surface area (Å²) in [7, 11) is 0. The molecule has 45 heavy (non-hydrogen) atoms. The molecule has 0 radical (unpaired) electrons. The monoisotopic (exact) mass is 617 g/mol. The third-order valence-electron chi connectivity index (χ3n) is 8.24. The van der Waals surface area contributed by atoms with Crippen molar-refractivity contribution in [3.8, 4) is 11.8 Å². The number of hydrogen-bond acceptors (Lipinski definition) is 7. The maximum Gasteiger partial charge on any atom is 0.416 e. The molecular formula is C33H30F3N5O4.